The van der Waals surface area contributed by atoms with Crippen molar-refractivity contribution in [3.8, 4) is 11.1 Å². The molecule has 1 saturated heterocycles. The maximum atomic E-state index is 5.74. The molecule has 1 aliphatic heterocycles. The Kier molecular flexibility index (Phi) is 5.24. The Morgan fingerprint density at radius 2 is 1.19 bits per heavy atom. The highest BCUT2D eigenvalue weighted by Crippen LogP contribution is 2.32. The highest BCUT2D eigenvalue weighted by Gasteiger charge is 2.42. The van der Waals surface area contributed by atoms with Crippen molar-refractivity contribution in [3.05, 3.63) is 126 Å². The van der Waals surface area contributed by atoms with Crippen LogP contribution in [-0.4, -0.2) is 5.11 Å². The fraction of sp³-hybridized carbons (Fsp3) is 0.0741. The first-order valence-electron chi connectivity index (χ1n) is 10.4. The Morgan fingerprint density at radius 3 is 1.84 bits per heavy atom. The first-order valence-corrected chi connectivity index (χ1v) is 10.8. The molecule has 152 valence electrons. The molecule has 4 aromatic rings. The quantitative estimate of drug-likeness (QED) is 0.407. The van der Waals surface area contributed by atoms with Crippen molar-refractivity contribution in [2.45, 2.75) is 12.1 Å². The van der Waals surface area contributed by atoms with E-state index in [1.165, 1.54) is 16.7 Å². The Hall–Kier alpha value is -3.47. The topological polar surface area (TPSA) is 27.3 Å². The maximum absolute atomic E-state index is 5.74. The van der Waals surface area contributed by atoms with Gasteiger partial charge in [0.15, 0.2) is 5.11 Å². The predicted molar refractivity (Wildman–Crippen MR) is 131 cm³/mol. The SMILES string of the molecule is S=C1N[C@](Cc2ccccc2)(c2ccc(-c3ccccc3)cc2)NN1c1ccccc1. The van der Waals surface area contributed by atoms with Crippen LogP contribution in [0.15, 0.2) is 115 Å². The molecule has 2 N–H and O–H groups in total. The van der Waals surface area contributed by atoms with Crippen LogP contribution in [0.25, 0.3) is 11.1 Å². The summed E-state index contributed by atoms with van der Waals surface area (Å²) in [6.07, 6.45) is 0.752. The van der Waals surface area contributed by atoms with Gasteiger partial charge in [-0.2, -0.15) is 5.43 Å². The predicted octanol–water partition coefficient (Wildman–Crippen LogP) is 5.65. The lowest BCUT2D eigenvalue weighted by Gasteiger charge is -2.31. The van der Waals surface area contributed by atoms with Gasteiger partial charge in [0.05, 0.1) is 5.69 Å². The van der Waals surface area contributed by atoms with Crippen LogP contribution in [0.4, 0.5) is 5.69 Å². The molecular formula is C27H23N3S. The van der Waals surface area contributed by atoms with Gasteiger partial charge in [0.1, 0.15) is 5.66 Å². The monoisotopic (exact) mass is 421 g/mol. The van der Waals surface area contributed by atoms with E-state index in [9.17, 15) is 0 Å². The average molecular weight is 422 g/mol. The zero-order chi connectivity index (χ0) is 21.1. The molecular weight excluding hydrogens is 398 g/mol. The van der Waals surface area contributed by atoms with E-state index in [-0.39, 0.29) is 0 Å². The summed E-state index contributed by atoms with van der Waals surface area (Å²) >= 11 is 5.74. The van der Waals surface area contributed by atoms with Gasteiger partial charge in [0.2, 0.25) is 0 Å². The van der Waals surface area contributed by atoms with Crippen molar-refractivity contribution < 1.29 is 0 Å². The summed E-state index contributed by atoms with van der Waals surface area (Å²) in [7, 11) is 0. The van der Waals surface area contributed by atoms with Crippen molar-refractivity contribution in [2.75, 3.05) is 5.01 Å². The standard InChI is InChI=1S/C27H23N3S/c31-26-28-27(20-21-10-4-1-5-11-21,29-30(26)25-14-8-3-9-15-25)24-18-16-23(17-19-24)22-12-6-2-7-13-22/h1-19,29H,20H2,(H,28,31)/t27-/m0/s1. The fourth-order valence-electron chi connectivity index (χ4n) is 4.07. The number of hydrogen-bond acceptors (Lipinski definition) is 2. The van der Waals surface area contributed by atoms with Crippen LogP contribution in [0.2, 0.25) is 0 Å². The molecule has 0 radical (unpaired) electrons. The Bertz CT molecular complexity index is 1160. The van der Waals surface area contributed by atoms with Gasteiger partial charge in [0, 0.05) is 6.42 Å². The lowest BCUT2D eigenvalue weighted by molar-refractivity contribution is 0.347. The van der Waals surface area contributed by atoms with E-state index >= 15 is 0 Å². The van der Waals surface area contributed by atoms with Gasteiger partial charge in [-0.15, -0.1) is 0 Å². The van der Waals surface area contributed by atoms with Crippen LogP contribution in [0.5, 0.6) is 0 Å². The Morgan fingerprint density at radius 1 is 0.645 bits per heavy atom. The van der Waals surface area contributed by atoms with Gasteiger partial charge in [-0.25, -0.2) is 5.01 Å². The van der Waals surface area contributed by atoms with Crippen molar-refractivity contribution in [1.29, 1.82) is 0 Å². The number of benzene rings is 4. The maximum Gasteiger partial charge on any atom is 0.190 e. The molecule has 1 fully saturated rings. The van der Waals surface area contributed by atoms with Gasteiger partial charge in [-0.05, 0) is 46.6 Å². The zero-order valence-electron chi connectivity index (χ0n) is 17.0. The van der Waals surface area contributed by atoms with Gasteiger partial charge in [0.25, 0.3) is 0 Å². The molecule has 5 rings (SSSR count). The molecule has 0 unspecified atom stereocenters. The molecule has 0 bridgehead atoms. The molecule has 1 aliphatic rings. The summed E-state index contributed by atoms with van der Waals surface area (Å²) < 4.78 is 0. The lowest BCUT2D eigenvalue weighted by Crippen LogP contribution is -2.50. The number of thiocarbonyl (C=S) groups is 1. The second-order valence-electron chi connectivity index (χ2n) is 7.72. The molecule has 1 heterocycles. The van der Waals surface area contributed by atoms with E-state index in [2.05, 4.69) is 95.7 Å². The van der Waals surface area contributed by atoms with Crippen LogP contribution < -0.4 is 15.8 Å². The average Bonchev–Trinajstić information content (AvgIpc) is 3.18. The molecule has 4 heteroatoms. The van der Waals surface area contributed by atoms with E-state index in [1.807, 2.05) is 35.3 Å². The number of anilines is 1. The van der Waals surface area contributed by atoms with Gasteiger partial charge >= 0.3 is 0 Å². The molecule has 1 atom stereocenters. The summed E-state index contributed by atoms with van der Waals surface area (Å²) in [5.74, 6) is 0. The van der Waals surface area contributed by atoms with Crippen molar-refractivity contribution in [3.63, 3.8) is 0 Å². The second-order valence-corrected chi connectivity index (χ2v) is 8.11. The van der Waals surface area contributed by atoms with Crippen molar-refractivity contribution in [1.82, 2.24) is 10.7 Å². The largest absolute Gasteiger partial charge is 0.338 e. The second kappa shape index (κ2) is 8.34. The molecule has 0 aliphatic carbocycles. The minimum atomic E-state index is -0.538. The third-order valence-electron chi connectivity index (χ3n) is 5.64. The number of hydrazine groups is 1. The normalized spacial score (nSPS) is 18.1. The summed E-state index contributed by atoms with van der Waals surface area (Å²) in [6.45, 7) is 0. The van der Waals surface area contributed by atoms with Crippen LogP contribution in [0.3, 0.4) is 0 Å². The highest BCUT2D eigenvalue weighted by molar-refractivity contribution is 7.80. The van der Waals surface area contributed by atoms with E-state index < -0.39 is 5.66 Å². The third kappa shape index (κ3) is 3.96. The van der Waals surface area contributed by atoms with E-state index in [4.69, 9.17) is 12.2 Å². The van der Waals surface area contributed by atoms with Gasteiger partial charge in [-0.1, -0.05) is 103 Å². The molecule has 0 amide bonds. The number of para-hydroxylation sites is 1. The van der Waals surface area contributed by atoms with Crippen LogP contribution in [0.1, 0.15) is 11.1 Å². The summed E-state index contributed by atoms with van der Waals surface area (Å²) in [4.78, 5) is 0. The minimum absolute atomic E-state index is 0.538. The lowest BCUT2D eigenvalue weighted by atomic mass is 9.91. The van der Waals surface area contributed by atoms with E-state index in [0.29, 0.717) is 5.11 Å². The van der Waals surface area contributed by atoms with Crippen LogP contribution >= 0.6 is 12.2 Å². The zero-order valence-corrected chi connectivity index (χ0v) is 17.8. The Labute approximate surface area is 188 Å². The molecule has 0 saturated carbocycles. The smallest absolute Gasteiger partial charge is 0.190 e. The highest BCUT2D eigenvalue weighted by atomic mass is 32.1. The fourth-order valence-corrected chi connectivity index (χ4v) is 4.39. The number of nitrogens with one attached hydrogen (secondary N) is 2. The van der Waals surface area contributed by atoms with Gasteiger partial charge < -0.3 is 5.32 Å². The van der Waals surface area contributed by atoms with E-state index in [0.717, 1.165) is 17.7 Å². The number of nitrogens with zero attached hydrogens (tertiary/aromatic N) is 1. The van der Waals surface area contributed by atoms with Gasteiger partial charge in [-0.3, -0.25) is 0 Å². The molecule has 31 heavy (non-hydrogen) atoms. The number of hydrogen-bond donors (Lipinski definition) is 2. The summed E-state index contributed by atoms with van der Waals surface area (Å²) in [5.41, 5.74) is 8.91. The van der Waals surface area contributed by atoms with Crippen molar-refractivity contribution in [2.24, 2.45) is 0 Å². The molecule has 3 nitrogen and oxygen atoms in total. The molecule has 0 aromatic heterocycles. The minimum Gasteiger partial charge on any atom is -0.338 e. The van der Waals surface area contributed by atoms with Crippen molar-refractivity contribution >= 4 is 23.0 Å². The molecule has 0 spiro atoms. The number of rotatable bonds is 5. The first kappa shape index (κ1) is 19.5. The summed E-state index contributed by atoms with van der Waals surface area (Å²) in [5, 5.41) is 6.21. The molecule has 4 aromatic carbocycles. The third-order valence-corrected chi connectivity index (χ3v) is 5.92. The van der Waals surface area contributed by atoms with Crippen LogP contribution in [-0.2, 0) is 12.1 Å². The van der Waals surface area contributed by atoms with E-state index in [1.54, 1.807) is 0 Å². The first-order chi connectivity index (χ1) is 15.2. The summed E-state index contributed by atoms with van der Waals surface area (Å²) in [6, 6.07) is 39.8. The van der Waals surface area contributed by atoms with Crippen LogP contribution in [0, 0.1) is 0 Å². The Balaban J connectivity index is 1.53.